The number of carbonyl (C=O) groups excluding carboxylic acids is 1. The Hall–Kier alpha value is -2.19. The molecule has 21 heavy (non-hydrogen) atoms. The summed E-state index contributed by atoms with van der Waals surface area (Å²) in [5, 5.41) is 9.86. The van der Waals surface area contributed by atoms with Crippen LogP contribution in [-0.4, -0.2) is 23.9 Å². The highest BCUT2D eigenvalue weighted by atomic mass is 32.1. The molecule has 2 atom stereocenters. The zero-order chi connectivity index (χ0) is 14.4. The molecular weight excluding hydrogens is 282 g/mol. The highest BCUT2D eigenvalue weighted by Gasteiger charge is 2.45. The Bertz CT molecular complexity index is 751. The molecule has 0 spiro atoms. The average molecular weight is 295 g/mol. The lowest BCUT2D eigenvalue weighted by molar-refractivity contribution is 0.104. The van der Waals surface area contributed by atoms with Gasteiger partial charge in [-0.25, -0.2) is 4.98 Å². The van der Waals surface area contributed by atoms with Gasteiger partial charge in [-0.1, -0.05) is 23.5 Å². The molecule has 1 aliphatic heterocycles. The van der Waals surface area contributed by atoms with Gasteiger partial charge in [0.1, 0.15) is 0 Å². The molecule has 4 nitrogen and oxygen atoms in total. The van der Waals surface area contributed by atoms with Crippen molar-refractivity contribution in [2.24, 2.45) is 11.8 Å². The smallest absolute Gasteiger partial charge is 0.204 e. The summed E-state index contributed by atoms with van der Waals surface area (Å²) >= 11 is 1.45. The summed E-state index contributed by atoms with van der Waals surface area (Å²) in [7, 11) is 0. The Labute approximate surface area is 126 Å². The molecule has 0 radical (unpaired) electrons. The van der Waals surface area contributed by atoms with E-state index in [0.717, 1.165) is 30.1 Å². The second kappa shape index (κ2) is 4.68. The molecule has 4 rings (SSSR count). The van der Waals surface area contributed by atoms with Crippen molar-refractivity contribution in [1.29, 1.82) is 5.26 Å². The molecule has 1 aliphatic carbocycles. The summed E-state index contributed by atoms with van der Waals surface area (Å²) in [5.41, 5.74) is 1.05. The number of hydrogen-bond donors (Lipinski definition) is 0. The summed E-state index contributed by atoms with van der Waals surface area (Å²) in [6.07, 6.45) is 3.01. The highest BCUT2D eigenvalue weighted by Crippen LogP contribution is 2.46. The molecule has 1 aromatic carbocycles. The fraction of sp³-hybridized carbons (Fsp3) is 0.312. The number of benzene rings is 1. The first-order chi connectivity index (χ1) is 10.2. The second-order valence-corrected chi connectivity index (χ2v) is 6.70. The van der Waals surface area contributed by atoms with E-state index in [-0.39, 0.29) is 5.78 Å². The third kappa shape index (κ3) is 2.22. The first kappa shape index (κ1) is 12.5. The van der Waals surface area contributed by atoms with Crippen LogP contribution in [0.25, 0.3) is 0 Å². The predicted octanol–water partition coefficient (Wildman–Crippen LogP) is 2.70. The Morgan fingerprint density at radius 3 is 2.95 bits per heavy atom. The Kier molecular flexibility index (Phi) is 2.79. The minimum Gasteiger partial charge on any atom is -0.348 e. The number of ketones is 1. The quantitative estimate of drug-likeness (QED) is 0.817. The van der Waals surface area contributed by atoms with Gasteiger partial charge in [0.2, 0.25) is 5.78 Å². The molecule has 2 unspecified atom stereocenters. The maximum Gasteiger partial charge on any atom is 0.204 e. The van der Waals surface area contributed by atoms with E-state index in [0.29, 0.717) is 16.0 Å². The second-order valence-electron chi connectivity index (χ2n) is 5.69. The zero-order valence-corrected chi connectivity index (χ0v) is 12.1. The monoisotopic (exact) mass is 295 g/mol. The molecule has 2 aliphatic rings. The van der Waals surface area contributed by atoms with Crippen LogP contribution in [0.3, 0.4) is 0 Å². The minimum atomic E-state index is -0.0554. The van der Waals surface area contributed by atoms with Gasteiger partial charge in [0.15, 0.2) is 5.13 Å². The average Bonchev–Trinajstić information content (AvgIpc) is 2.96. The molecular formula is C16H13N3OS. The van der Waals surface area contributed by atoms with Crippen LogP contribution < -0.4 is 4.90 Å². The molecule has 0 N–H and O–H groups in total. The number of nitriles is 1. The van der Waals surface area contributed by atoms with Gasteiger partial charge in [-0.2, -0.15) is 5.26 Å². The van der Waals surface area contributed by atoms with E-state index in [1.807, 2.05) is 0 Å². The van der Waals surface area contributed by atoms with E-state index in [2.05, 4.69) is 16.0 Å². The van der Waals surface area contributed by atoms with Crippen LogP contribution in [0.2, 0.25) is 0 Å². The maximum atomic E-state index is 12.5. The number of hydrogen-bond acceptors (Lipinski definition) is 5. The van der Waals surface area contributed by atoms with Crippen LogP contribution in [-0.2, 0) is 0 Å². The third-order valence-electron chi connectivity index (χ3n) is 4.22. The van der Waals surface area contributed by atoms with Gasteiger partial charge in [0.05, 0.1) is 22.7 Å². The first-order valence-electron chi connectivity index (χ1n) is 7.00. The Morgan fingerprint density at radius 1 is 1.38 bits per heavy atom. The van der Waals surface area contributed by atoms with Gasteiger partial charge < -0.3 is 4.90 Å². The van der Waals surface area contributed by atoms with Crippen LogP contribution in [0.4, 0.5) is 5.13 Å². The van der Waals surface area contributed by atoms with Gasteiger partial charge in [-0.05, 0) is 30.4 Å². The lowest BCUT2D eigenvalue weighted by atomic mass is 10.1. The maximum absolute atomic E-state index is 12.5. The molecule has 2 fully saturated rings. The van der Waals surface area contributed by atoms with Gasteiger partial charge in [-0.3, -0.25) is 4.79 Å². The van der Waals surface area contributed by atoms with Crippen LogP contribution in [0.1, 0.15) is 27.2 Å². The summed E-state index contributed by atoms with van der Waals surface area (Å²) in [6.45, 7) is 2.16. The summed E-state index contributed by atoms with van der Waals surface area (Å²) in [5.74, 6) is 1.64. The molecule has 2 heterocycles. The van der Waals surface area contributed by atoms with Crippen molar-refractivity contribution in [1.82, 2.24) is 4.98 Å². The normalized spacial score (nSPS) is 22.7. The van der Waals surface area contributed by atoms with Crippen LogP contribution in [0, 0.1) is 23.2 Å². The predicted molar refractivity (Wildman–Crippen MR) is 80.5 cm³/mol. The molecule has 2 aromatic rings. The van der Waals surface area contributed by atoms with Crippen LogP contribution in [0.15, 0.2) is 30.5 Å². The fourth-order valence-electron chi connectivity index (χ4n) is 2.94. The van der Waals surface area contributed by atoms with E-state index in [1.54, 1.807) is 30.5 Å². The van der Waals surface area contributed by atoms with Crippen molar-refractivity contribution in [3.8, 4) is 6.07 Å². The number of nitrogens with zero attached hydrogens (tertiary/aromatic N) is 3. The topological polar surface area (TPSA) is 57.0 Å². The fourth-order valence-corrected chi connectivity index (χ4v) is 3.84. The number of fused-ring (bicyclic) bond motifs is 1. The summed E-state index contributed by atoms with van der Waals surface area (Å²) < 4.78 is 0. The van der Waals surface area contributed by atoms with Crippen LogP contribution in [0.5, 0.6) is 0 Å². The lowest BCUT2D eigenvalue weighted by Gasteiger charge is -2.15. The number of anilines is 1. The third-order valence-corrected chi connectivity index (χ3v) is 5.28. The number of piperidine rings is 1. The standard InChI is InChI=1S/C16H13N3OS/c17-6-10-2-1-3-11(4-10)15(20)14-7-18-16(21-14)19-8-12-5-13(12)9-19/h1-4,7,12-13H,5,8-9H2. The Balaban J connectivity index is 1.57. The number of carbonyl (C=O) groups is 1. The molecule has 104 valence electrons. The SMILES string of the molecule is N#Cc1cccc(C(=O)c2cnc(N3CC4CC4C3)s2)c1. The molecule has 1 aromatic heterocycles. The Morgan fingerprint density at radius 2 is 2.19 bits per heavy atom. The van der Waals surface area contributed by atoms with Gasteiger partial charge in [-0.15, -0.1) is 0 Å². The summed E-state index contributed by atoms with van der Waals surface area (Å²) in [4.78, 5) is 19.8. The first-order valence-corrected chi connectivity index (χ1v) is 7.82. The molecule has 1 saturated carbocycles. The van der Waals surface area contributed by atoms with E-state index < -0.39 is 0 Å². The number of aromatic nitrogens is 1. The molecule has 0 bridgehead atoms. The van der Waals surface area contributed by atoms with Gasteiger partial charge in [0.25, 0.3) is 0 Å². The zero-order valence-electron chi connectivity index (χ0n) is 11.3. The minimum absolute atomic E-state index is 0.0554. The van der Waals surface area contributed by atoms with Crippen molar-refractivity contribution >= 4 is 22.3 Å². The number of thiazole rings is 1. The van der Waals surface area contributed by atoms with E-state index in [1.165, 1.54) is 17.8 Å². The van der Waals surface area contributed by atoms with E-state index in [4.69, 9.17) is 5.26 Å². The van der Waals surface area contributed by atoms with Crippen LogP contribution >= 0.6 is 11.3 Å². The largest absolute Gasteiger partial charge is 0.348 e. The van der Waals surface area contributed by atoms with Crippen molar-refractivity contribution in [3.05, 3.63) is 46.5 Å². The van der Waals surface area contributed by atoms with Crippen molar-refractivity contribution in [2.45, 2.75) is 6.42 Å². The van der Waals surface area contributed by atoms with Gasteiger partial charge >= 0.3 is 0 Å². The summed E-state index contributed by atoms with van der Waals surface area (Å²) in [6, 6.07) is 8.87. The van der Waals surface area contributed by atoms with Crippen molar-refractivity contribution in [2.75, 3.05) is 18.0 Å². The molecule has 1 saturated heterocycles. The highest BCUT2D eigenvalue weighted by molar-refractivity contribution is 7.17. The van der Waals surface area contributed by atoms with Crippen molar-refractivity contribution in [3.63, 3.8) is 0 Å². The number of rotatable bonds is 3. The van der Waals surface area contributed by atoms with E-state index in [9.17, 15) is 4.79 Å². The van der Waals surface area contributed by atoms with E-state index >= 15 is 0 Å². The molecule has 5 heteroatoms. The lowest BCUT2D eigenvalue weighted by Crippen LogP contribution is -2.21. The van der Waals surface area contributed by atoms with Crippen molar-refractivity contribution < 1.29 is 4.79 Å². The molecule has 0 amide bonds. The van der Waals surface area contributed by atoms with Gasteiger partial charge in [0, 0.05) is 18.7 Å².